The van der Waals surface area contributed by atoms with E-state index in [4.69, 9.17) is 15.2 Å². The Morgan fingerprint density at radius 2 is 2.04 bits per heavy atom. The van der Waals surface area contributed by atoms with E-state index in [1.165, 1.54) is 17.0 Å². The number of nitrogens with zero attached hydrogens (tertiary/aromatic N) is 3. The van der Waals surface area contributed by atoms with E-state index in [0.29, 0.717) is 36.8 Å². The summed E-state index contributed by atoms with van der Waals surface area (Å²) in [6.45, 7) is 2.31. The van der Waals surface area contributed by atoms with Crippen molar-refractivity contribution in [2.24, 2.45) is 0 Å². The third-order valence-corrected chi connectivity index (χ3v) is 3.86. The van der Waals surface area contributed by atoms with Crippen molar-refractivity contribution in [2.75, 3.05) is 23.8 Å². The lowest BCUT2D eigenvalue weighted by atomic mass is 10.2. The van der Waals surface area contributed by atoms with E-state index in [2.05, 4.69) is 4.98 Å². The molecule has 1 aliphatic heterocycles. The second kappa shape index (κ2) is 7.26. The van der Waals surface area contributed by atoms with Crippen LogP contribution in [0.3, 0.4) is 0 Å². The van der Waals surface area contributed by atoms with Crippen LogP contribution in [0.15, 0.2) is 36.4 Å². The van der Waals surface area contributed by atoms with Crippen LogP contribution in [0.5, 0.6) is 11.5 Å². The number of nitro groups is 1. The highest BCUT2D eigenvalue weighted by Crippen LogP contribution is 2.34. The Balaban J connectivity index is 1.68. The Morgan fingerprint density at radius 1 is 1.31 bits per heavy atom. The summed E-state index contributed by atoms with van der Waals surface area (Å²) in [5.74, 6) is 0.558. The highest BCUT2D eigenvalue weighted by molar-refractivity contribution is 5.98. The van der Waals surface area contributed by atoms with Gasteiger partial charge in [0.25, 0.3) is 11.7 Å². The fourth-order valence-corrected chi connectivity index (χ4v) is 2.57. The molecule has 1 unspecified atom stereocenters. The number of aromatic nitrogens is 1. The van der Waals surface area contributed by atoms with Gasteiger partial charge < -0.3 is 25.3 Å². The molecule has 2 heterocycles. The summed E-state index contributed by atoms with van der Waals surface area (Å²) in [5, 5.41) is 11.0. The zero-order valence-corrected chi connectivity index (χ0v) is 14.1. The molecular formula is C17H18N4O5. The molecular weight excluding hydrogens is 340 g/mol. The van der Waals surface area contributed by atoms with Crippen LogP contribution in [0.25, 0.3) is 0 Å². The SMILES string of the molecule is CC1Oc2ccc([N+](=O)[O-])nc2N(CCCOc2ccc(N)cc2)C1=O. The van der Waals surface area contributed by atoms with Gasteiger partial charge in [-0.2, -0.15) is 0 Å². The van der Waals surface area contributed by atoms with Gasteiger partial charge in [-0.25, -0.2) is 0 Å². The summed E-state index contributed by atoms with van der Waals surface area (Å²) >= 11 is 0. The summed E-state index contributed by atoms with van der Waals surface area (Å²) < 4.78 is 11.1. The number of benzene rings is 1. The summed E-state index contributed by atoms with van der Waals surface area (Å²) in [4.78, 5) is 28.1. The minimum atomic E-state index is -0.677. The van der Waals surface area contributed by atoms with E-state index in [1.807, 2.05) is 0 Å². The highest BCUT2D eigenvalue weighted by Gasteiger charge is 2.36. The van der Waals surface area contributed by atoms with E-state index in [1.54, 1.807) is 31.2 Å². The number of carbonyl (C=O) groups is 1. The van der Waals surface area contributed by atoms with Gasteiger partial charge in [-0.3, -0.25) is 9.69 Å². The third kappa shape index (κ3) is 3.66. The predicted octanol–water partition coefficient (Wildman–Crippen LogP) is 2.16. The van der Waals surface area contributed by atoms with Crippen molar-refractivity contribution in [3.63, 3.8) is 0 Å². The Morgan fingerprint density at radius 3 is 2.73 bits per heavy atom. The molecule has 0 bridgehead atoms. The molecule has 0 aliphatic carbocycles. The number of nitrogens with two attached hydrogens (primary N) is 1. The molecule has 0 radical (unpaired) electrons. The molecule has 1 amide bonds. The largest absolute Gasteiger partial charge is 0.494 e. The van der Waals surface area contributed by atoms with Crippen molar-refractivity contribution in [1.29, 1.82) is 0 Å². The highest BCUT2D eigenvalue weighted by atomic mass is 16.6. The van der Waals surface area contributed by atoms with Crippen molar-refractivity contribution in [2.45, 2.75) is 19.4 Å². The molecule has 1 aromatic heterocycles. The van der Waals surface area contributed by atoms with E-state index < -0.39 is 11.0 Å². The van der Waals surface area contributed by atoms with Crippen molar-refractivity contribution in [3.8, 4) is 11.5 Å². The maximum atomic E-state index is 12.4. The molecule has 3 rings (SSSR count). The molecule has 9 nitrogen and oxygen atoms in total. The minimum Gasteiger partial charge on any atom is -0.494 e. The first-order chi connectivity index (χ1) is 12.5. The van der Waals surface area contributed by atoms with Crippen LogP contribution < -0.4 is 20.1 Å². The number of carbonyl (C=O) groups excluding carboxylic acids is 1. The molecule has 136 valence electrons. The summed E-state index contributed by atoms with van der Waals surface area (Å²) in [7, 11) is 0. The van der Waals surface area contributed by atoms with Crippen molar-refractivity contribution in [3.05, 3.63) is 46.5 Å². The van der Waals surface area contributed by atoms with Gasteiger partial charge in [0.1, 0.15) is 5.75 Å². The van der Waals surface area contributed by atoms with Crippen LogP contribution in [-0.4, -0.2) is 35.1 Å². The van der Waals surface area contributed by atoms with E-state index in [9.17, 15) is 14.9 Å². The molecule has 1 aromatic carbocycles. The zero-order valence-electron chi connectivity index (χ0n) is 14.1. The Hall–Kier alpha value is -3.36. The normalized spacial score (nSPS) is 16.0. The van der Waals surface area contributed by atoms with Crippen molar-refractivity contribution in [1.82, 2.24) is 4.98 Å². The first-order valence-electron chi connectivity index (χ1n) is 8.07. The van der Waals surface area contributed by atoms with Gasteiger partial charge in [0, 0.05) is 18.3 Å². The monoisotopic (exact) mass is 358 g/mol. The molecule has 0 fully saturated rings. The standard InChI is InChI=1S/C17H18N4O5/c1-11-17(22)20(9-2-10-25-13-5-3-12(18)4-6-13)16-14(26-11)7-8-15(19-16)21(23)24/h3-8,11H,2,9-10,18H2,1H3. The Bertz CT molecular complexity index is 824. The number of hydrogen-bond donors (Lipinski definition) is 1. The molecule has 2 aromatic rings. The first kappa shape index (κ1) is 17.5. The number of ether oxygens (including phenoxy) is 2. The fraction of sp³-hybridized carbons (Fsp3) is 0.294. The van der Waals surface area contributed by atoms with Crippen LogP contribution >= 0.6 is 0 Å². The second-order valence-electron chi connectivity index (χ2n) is 5.77. The maximum absolute atomic E-state index is 12.4. The topological polar surface area (TPSA) is 121 Å². The smallest absolute Gasteiger partial charge is 0.366 e. The number of hydrogen-bond acceptors (Lipinski definition) is 7. The molecule has 0 saturated heterocycles. The fourth-order valence-electron chi connectivity index (χ4n) is 2.57. The molecule has 1 atom stereocenters. The van der Waals surface area contributed by atoms with E-state index in [-0.39, 0.29) is 17.5 Å². The zero-order chi connectivity index (χ0) is 18.7. The third-order valence-electron chi connectivity index (χ3n) is 3.86. The van der Waals surface area contributed by atoms with Crippen LogP contribution in [0.2, 0.25) is 0 Å². The maximum Gasteiger partial charge on any atom is 0.366 e. The number of nitrogen functional groups attached to an aromatic ring is 1. The average molecular weight is 358 g/mol. The summed E-state index contributed by atoms with van der Waals surface area (Å²) in [5.41, 5.74) is 6.27. The van der Waals surface area contributed by atoms with Crippen molar-refractivity contribution < 1.29 is 19.2 Å². The van der Waals surface area contributed by atoms with Gasteiger partial charge in [-0.1, -0.05) is 0 Å². The molecule has 0 spiro atoms. The lowest BCUT2D eigenvalue weighted by Crippen LogP contribution is -2.45. The minimum absolute atomic E-state index is 0.162. The van der Waals surface area contributed by atoms with E-state index >= 15 is 0 Å². The lowest BCUT2D eigenvalue weighted by Gasteiger charge is -2.29. The lowest BCUT2D eigenvalue weighted by molar-refractivity contribution is -0.389. The van der Waals surface area contributed by atoms with Crippen molar-refractivity contribution >= 4 is 23.2 Å². The summed E-state index contributed by atoms with van der Waals surface area (Å²) in [6, 6.07) is 9.71. The van der Waals surface area contributed by atoms with Gasteiger partial charge in [-0.05, 0) is 53.6 Å². The van der Waals surface area contributed by atoms with Crippen LogP contribution in [0.4, 0.5) is 17.3 Å². The van der Waals surface area contributed by atoms with Gasteiger partial charge >= 0.3 is 5.82 Å². The average Bonchev–Trinajstić information content (AvgIpc) is 2.62. The molecule has 9 heteroatoms. The van der Waals surface area contributed by atoms with Gasteiger partial charge in [0.15, 0.2) is 11.9 Å². The van der Waals surface area contributed by atoms with Crippen LogP contribution in [0, 0.1) is 10.1 Å². The van der Waals surface area contributed by atoms with Gasteiger partial charge in [0.2, 0.25) is 0 Å². The van der Waals surface area contributed by atoms with Gasteiger partial charge in [0.05, 0.1) is 6.61 Å². The second-order valence-corrected chi connectivity index (χ2v) is 5.77. The quantitative estimate of drug-likeness (QED) is 0.363. The number of amides is 1. The van der Waals surface area contributed by atoms with Crippen LogP contribution in [0.1, 0.15) is 13.3 Å². The molecule has 0 saturated carbocycles. The molecule has 1 aliphatic rings. The first-order valence-corrected chi connectivity index (χ1v) is 8.07. The summed E-state index contributed by atoms with van der Waals surface area (Å²) in [6.07, 6.45) is -0.157. The molecule has 26 heavy (non-hydrogen) atoms. The van der Waals surface area contributed by atoms with E-state index in [0.717, 1.165) is 0 Å². The number of pyridine rings is 1. The predicted molar refractivity (Wildman–Crippen MR) is 94.3 cm³/mol. The number of fused-ring (bicyclic) bond motifs is 1. The molecule has 2 N–H and O–H groups in total. The Labute approximate surface area is 149 Å². The number of anilines is 2. The number of rotatable bonds is 6. The van der Waals surface area contributed by atoms with Crippen LogP contribution in [-0.2, 0) is 4.79 Å². The van der Waals surface area contributed by atoms with Gasteiger partial charge in [-0.15, -0.1) is 0 Å². The Kier molecular flexibility index (Phi) is 4.87.